The van der Waals surface area contributed by atoms with Crippen LogP contribution in [0, 0.1) is 5.92 Å². The number of nitrogens with one attached hydrogen (secondary N) is 2. The summed E-state index contributed by atoms with van der Waals surface area (Å²) in [5, 5.41) is 10.6. The van der Waals surface area contributed by atoms with Gasteiger partial charge in [0.15, 0.2) is 5.69 Å². The van der Waals surface area contributed by atoms with E-state index in [1.165, 1.54) is 5.56 Å². The number of nitrogens with zero attached hydrogens (tertiary/aromatic N) is 2. The van der Waals surface area contributed by atoms with E-state index in [4.69, 9.17) is 4.74 Å². The molecule has 2 aromatic rings. The Hall–Kier alpha value is -2.34. The highest BCUT2D eigenvalue weighted by molar-refractivity contribution is 5.93. The molecule has 1 unspecified atom stereocenters. The van der Waals surface area contributed by atoms with Crippen molar-refractivity contribution in [1.29, 1.82) is 0 Å². The molecule has 1 aliphatic rings. The molecule has 2 N–H and O–H groups in total. The van der Waals surface area contributed by atoms with Crippen LogP contribution in [0.25, 0.3) is 0 Å². The number of rotatable bonds is 6. The van der Waals surface area contributed by atoms with Crippen molar-refractivity contribution in [2.45, 2.75) is 26.3 Å². The normalized spacial score (nSPS) is 14.7. The standard InChI is InChI=1S/C19H26N4O2/c1-13(10-14-4-6-15(25-3)7-5-14)12-23(2)19(24)18-16-11-20-9-8-17(16)21-22-18/h4-7,13,20H,8-12H2,1-3H3,(H,21,22). The Morgan fingerprint density at radius 3 is 2.84 bits per heavy atom. The number of carbonyl (C=O) groups excluding carboxylic acids is 1. The number of aromatic amines is 1. The van der Waals surface area contributed by atoms with E-state index in [9.17, 15) is 4.79 Å². The first-order valence-electron chi connectivity index (χ1n) is 8.73. The average Bonchev–Trinajstić information content (AvgIpc) is 3.05. The predicted molar refractivity (Wildman–Crippen MR) is 96.8 cm³/mol. The molecule has 0 fully saturated rings. The summed E-state index contributed by atoms with van der Waals surface area (Å²) in [5.41, 5.74) is 3.91. The van der Waals surface area contributed by atoms with Gasteiger partial charge in [-0.2, -0.15) is 5.10 Å². The summed E-state index contributed by atoms with van der Waals surface area (Å²) in [7, 11) is 3.52. The summed E-state index contributed by atoms with van der Waals surface area (Å²) in [6, 6.07) is 8.10. The summed E-state index contributed by atoms with van der Waals surface area (Å²) >= 11 is 0. The molecule has 0 aliphatic carbocycles. The van der Waals surface area contributed by atoms with Gasteiger partial charge in [0.25, 0.3) is 5.91 Å². The van der Waals surface area contributed by atoms with E-state index in [1.807, 2.05) is 19.2 Å². The third kappa shape index (κ3) is 4.02. The van der Waals surface area contributed by atoms with E-state index >= 15 is 0 Å². The van der Waals surface area contributed by atoms with Gasteiger partial charge in [-0.15, -0.1) is 0 Å². The molecule has 1 amide bonds. The third-order valence-electron chi connectivity index (χ3n) is 4.68. The number of amides is 1. The topological polar surface area (TPSA) is 70.2 Å². The zero-order chi connectivity index (χ0) is 17.8. The van der Waals surface area contributed by atoms with Crippen LogP contribution in [0.2, 0.25) is 0 Å². The van der Waals surface area contributed by atoms with Crippen molar-refractivity contribution in [3.05, 3.63) is 46.8 Å². The first-order chi connectivity index (χ1) is 12.1. The molecule has 2 heterocycles. The van der Waals surface area contributed by atoms with Gasteiger partial charge in [-0.05, 0) is 30.0 Å². The number of hydrogen-bond donors (Lipinski definition) is 2. The molecular weight excluding hydrogens is 316 g/mol. The van der Waals surface area contributed by atoms with E-state index < -0.39 is 0 Å². The number of aromatic nitrogens is 2. The van der Waals surface area contributed by atoms with Crippen LogP contribution < -0.4 is 10.1 Å². The van der Waals surface area contributed by atoms with Crippen molar-refractivity contribution < 1.29 is 9.53 Å². The molecule has 6 nitrogen and oxygen atoms in total. The fraction of sp³-hybridized carbons (Fsp3) is 0.474. The number of benzene rings is 1. The number of hydrogen-bond acceptors (Lipinski definition) is 4. The Balaban J connectivity index is 1.59. The highest BCUT2D eigenvalue weighted by Crippen LogP contribution is 2.18. The largest absolute Gasteiger partial charge is 0.497 e. The minimum atomic E-state index is -0.0113. The number of H-pyrrole nitrogens is 1. The maximum atomic E-state index is 12.7. The number of ether oxygens (including phenoxy) is 1. The van der Waals surface area contributed by atoms with Gasteiger partial charge in [0.2, 0.25) is 0 Å². The van der Waals surface area contributed by atoms with Gasteiger partial charge in [0, 0.05) is 44.4 Å². The van der Waals surface area contributed by atoms with Gasteiger partial charge < -0.3 is 15.0 Å². The zero-order valence-corrected chi connectivity index (χ0v) is 15.1. The van der Waals surface area contributed by atoms with Crippen LogP contribution in [-0.2, 0) is 19.4 Å². The fourth-order valence-corrected chi connectivity index (χ4v) is 3.36. The molecule has 0 spiro atoms. The lowest BCUT2D eigenvalue weighted by Gasteiger charge is -2.22. The quantitative estimate of drug-likeness (QED) is 0.843. The first-order valence-corrected chi connectivity index (χ1v) is 8.73. The summed E-state index contributed by atoms with van der Waals surface area (Å²) in [4.78, 5) is 14.5. The molecule has 0 saturated heterocycles. The van der Waals surface area contributed by atoms with Crippen LogP contribution in [0.5, 0.6) is 5.75 Å². The summed E-state index contributed by atoms with van der Waals surface area (Å²) in [6.07, 6.45) is 1.81. The van der Waals surface area contributed by atoms with E-state index in [0.29, 0.717) is 24.7 Å². The van der Waals surface area contributed by atoms with Crippen molar-refractivity contribution in [1.82, 2.24) is 20.4 Å². The lowest BCUT2D eigenvalue weighted by molar-refractivity contribution is 0.0768. The average molecular weight is 342 g/mol. The Labute approximate surface area is 148 Å². The van der Waals surface area contributed by atoms with Crippen LogP contribution >= 0.6 is 0 Å². The minimum Gasteiger partial charge on any atom is -0.497 e. The molecule has 1 aliphatic heterocycles. The summed E-state index contributed by atoms with van der Waals surface area (Å²) in [6.45, 7) is 4.50. The van der Waals surface area contributed by atoms with Gasteiger partial charge in [0.1, 0.15) is 5.75 Å². The molecule has 3 rings (SSSR count). The van der Waals surface area contributed by atoms with Crippen molar-refractivity contribution in [2.24, 2.45) is 5.92 Å². The molecule has 0 saturated carbocycles. The monoisotopic (exact) mass is 342 g/mol. The van der Waals surface area contributed by atoms with Gasteiger partial charge in [0.05, 0.1) is 7.11 Å². The lowest BCUT2D eigenvalue weighted by atomic mass is 10.00. The molecular formula is C19H26N4O2. The third-order valence-corrected chi connectivity index (χ3v) is 4.68. The van der Waals surface area contributed by atoms with E-state index in [-0.39, 0.29) is 5.91 Å². The first kappa shape index (κ1) is 17.5. The Bertz CT molecular complexity index is 724. The fourth-order valence-electron chi connectivity index (χ4n) is 3.36. The van der Waals surface area contributed by atoms with Crippen molar-refractivity contribution in [3.8, 4) is 5.75 Å². The Morgan fingerprint density at radius 2 is 2.12 bits per heavy atom. The number of carbonyl (C=O) groups is 1. The summed E-state index contributed by atoms with van der Waals surface area (Å²) < 4.78 is 5.19. The summed E-state index contributed by atoms with van der Waals surface area (Å²) in [5.74, 6) is 1.21. The SMILES string of the molecule is COc1ccc(CC(C)CN(C)C(=O)c2n[nH]c3c2CNCC3)cc1. The zero-order valence-electron chi connectivity index (χ0n) is 15.1. The smallest absolute Gasteiger partial charge is 0.274 e. The Kier molecular flexibility index (Phi) is 5.38. The van der Waals surface area contributed by atoms with E-state index in [1.54, 1.807) is 12.0 Å². The van der Waals surface area contributed by atoms with Crippen LogP contribution in [0.3, 0.4) is 0 Å². The van der Waals surface area contributed by atoms with Gasteiger partial charge in [-0.25, -0.2) is 0 Å². The maximum absolute atomic E-state index is 12.7. The second-order valence-electron chi connectivity index (χ2n) is 6.80. The lowest BCUT2D eigenvalue weighted by Crippen LogP contribution is -2.33. The molecule has 25 heavy (non-hydrogen) atoms. The molecule has 134 valence electrons. The van der Waals surface area contributed by atoms with E-state index in [2.05, 4.69) is 34.6 Å². The molecule has 0 bridgehead atoms. The van der Waals surface area contributed by atoms with Crippen molar-refractivity contribution >= 4 is 5.91 Å². The van der Waals surface area contributed by atoms with Crippen molar-refractivity contribution in [2.75, 3.05) is 27.2 Å². The number of fused-ring (bicyclic) bond motifs is 1. The molecule has 0 radical (unpaired) electrons. The molecule has 6 heteroatoms. The maximum Gasteiger partial charge on any atom is 0.274 e. The molecule has 1 aromatic carbocycles. The van der Waals surface area contributed by atoms with E-state index in [0.717, 1.165) is 36.4 Å². The van der Waals surface area contributed by atoms with Crippen LogP contribution in [0.4, 0.5) is 0 Å². The molecule has 1 atom stereocenters. The van der Waals surface area contributed by atoms with Gasteiger partial charge in [-0.1, -0.05) is 19.1 Å². The Morgan fingerprint density at radius 1 is 1.36 bits per heavy atom. The second kappa shape index (κ2) is 7.70. The van der Waals surface area contributed by atoms with Crippen LogP contribution in [-0.4, -0.2) is 48.3 Å². The van der Waals surface area contributed by atoms with Crippen molar-refractivity contribution in [3.63, 3.8) is 0 Å². The highest BCUT2D eigenvalue weighted by Gasteiger charge is 2.24. The van der Waals surface area contributed by atoms with Gasteiger partial charge >= 0.3 is 0 Å². The highest BCUT2D eigenvalue weighted by atomic mass is 16.5. The van der Waals surface area contributed by atoms with Crippen LogP contribution in [0.1, 0.15) is 34.2 Å². The predicted octanol–water partition coefficient (Wildman–Crippen LogP) is 2.01. The van der Waals surface area contributed by atoms with Crippen LogP contribution in [0.15, 0.2) is 24.3 Å². The van der Waals surface area contributed by atoms with Gasteiger partial charge in [-0.3, -0.25) is 9.89 Å². The minimum absolute atomic E-state index is 0.0113. The second-order valence-corrected chi connectivity index (χ2v) is 6.80. The molecule has 1 aromatic heterocycles. The number of methoxy groups -OCH3 is 1.